The molecule has 27 heavy (non-hydrogen) atoms. The van der Waals surface area contributed by atoms with Gasteiger partial charge in [-0.25, -0.2) is 0 Å². The fourth-order valence-corrected chi connectivity index (χ4v) is 2.87. The van der Waals surface area contributed by atoms with Crippen molar-refractivity contribution in [1.82, 2.24) is 30.4 Å². The third-order valence-electron chi connectivity index (χ3n) is 4.30. The van der Waals surface area contributed by atoms with Crippen molar-refractivity contribution in [2.24, 2.45) is 0 Å². The highest BCUT2D eigenvalue weighted by atomic mass is 16.5. The van der Waals surface area contributed by atoms with Crippen LogP contribution in [0.4, 0.5) is 0 Å². The molecule has 1 unspecified atom stereocenters. The molecule has 1 amide bonds. The molecule has 0 saturated heterocycles. The van der Waals surface area contributed by atoms with E-state index in [9.17, 15) is 4.79 Å². The second kappa shape index (κ2) is 8.41. The van der Waals surface area contributed by atoms with Crippen LogP contribution in [0.15, 0.2) is 54.9 Å². The van der Waals surface area contributed by atoms with Gasteiger partial charge in [-0.15, -0.1) is 5.10 Å². The Kier molecular flexibility index (Phi) is 5.77. The third kappa shape index (κ3) is 4.29. The van der Waals surface area contributed by atoms with Crippen LogP contribution < -0.4 is 10.1 Å². The zero-order valence-electron chi connectivity index (χ0n) is 15.5. The average Bonchev–Trinajstić information content (AvgIpc) is 3.22. The number of aromatic nitrogens is 4. The lowest BCUT2D eigenvalue weighted by Gasteiger charge is -2.25. The number of rotatable bonds is 7. The zero-order chi connectivity index (χ0) is 19.2. The SMILES string of the molecule is COc1cccc(C(CNC(=O)c2ccccc2-n2cnnn2)N(C)C)c1. The van der Waals surface area contributed by atoms with E-state index in [2.05, 4.69) is 25.7 Å². The standard InChI is InChI=1S/C19H22N6O2/c1-24(2)18(14-7-6-8-15(11-14)27-3)12-20-19(26)16-9-4-5-10-17(16)25-13-21-22-23-25/h4-11,13,18H,12H2,1-3H3,(H,20,26). The first-order valence-electron chi connectivity index (χ1n) is 8.51. The van der Waals surface area contributed by atoms with Crippen LogP contribution in [0, 0.1) is 0 Å². The average molecular weight is 366 g/mol. The van der Waals surface area contributed by atoms with Crippen molar-refractivity contribution >= 4 is 5.91 Å². The van der Waals surface area contributed by atoms with Gasteiger partial charge in [0.2, 0.25) is 0 Å². The summed E-state index contributed by atoms with van der Waals surface area (Å²) in [5.41, 5.74) is 2.20. The van der Waals surface area contributed by atoms with Crippen LogP contribution in [0.25, 0.3) is 5.69 Å². The molecular weight excluding hydrogens is 344 g/mol. The van der Waals surface area contributed by atoms with Crippen molar-refractivity contribution in [3.8, 4) is 11.4 Å². The summed E-state index contributed by atoms with van der Waals surface area (Å²) in [6.07, 6.45) is 1.46. The van der Waals surface area contributed by atoms with Crippen LogP contribution in [0.2, 0.25) is 0 Å². The Morgan fingerprint density at radius 3 is 2.74 bits per heavy atom. The molecule has 3 aromatic rings. The molecule has 8 nitrogen and oxygen atoms in total. The summed E-state index contributed by atoms with van der Waals surface area (Å²) in [5, 5.41) is 14.2. The second-order valence-electron chi connectivity index (χ2n) is 6.24. The molecule has 0 aliphatic rings. The maximum absolute atomic E-state index is 12.8. The largest absolute Gasteiger partial charge is 0.497 e. The number of nitrogens with one attached hydrogen (secondary N) is 1. The summed E-state index contributed by atoms with van der Waals surface area (Å²) in [7, 11) is 5.60. The van der Waals surface area contributed by atoms with Crippen LogP contribution in [0.5, 0.6) is 5.75 Å². The van der Waals surface area contributed by atoms with Gasteiger partial charge >= 0.3 is 0 Å². The minimum absolute atomic E-state index is 0.00393. The quantitative estimate of drug-likeness (QED) is 0.685. The van der Waals surface area contributed by atoms with Crippen molar-refractivity contribution in [2.45, 2.75) is 6.04 Å². The number of hydrogen-bond donors (Lipinski definition) is 1. The van der Waals surface area contributed by atoms with E-state index in [1.807, 2.05) is 50.5 Å². The van der Waals surface area contributed by atoms with Gasteiger partial charge in [0.15, 0.2) is 0 Å². The summed E-state index contributed by atoms with van der Waals surface area (Å²) in [6.45, 7) is 0.447. The molecule has 1 aromatic heterocycles. The van der Waals surface area contributed by atoms with Crippen molar-refractivity contribution in [2.75, 3.05) is 27.7 Å². The normalized spacial score (nSPS) is 12.0. The molecule has 0 fully saturated rings. The molecule has 0 spiro atoms. The summed E-state index contributed by atoms with van der Waals surface area (Å²) in [6, 6.07) is 15.1. The van der Waals surface area contributed by atoms with Crippen molar-refractivity contribution in [1.29, 1.82) is 0 Å². The summed E-state index contributed by atoms with van der Waals surface area (Å²) >= 11 is 0. The van der Waals surface area contributed by atoms with Crippen molar-refractivity contribution in [3.05, 3.63) is 66.0 Å². The minimum Gasteiger partial charge on any atom is -0.497 e. The van der Waals surface area contributed by atoms with E-state index in [1.165, 1.54) is 11.0 Å². The first-order chi connectivity index (χ1) is 13.1. The van der Waals surface area contributed by atoms with E-state index in [-0.39, 0.29) is 11.9 Å². The number of ether oxygens (including phenoxy) is 1. The summed E-state index contributed by atoms with van der Waals surface area (Å²) in [5.74, 6) is 0.602. The minimum atomic E-state index is -0.184. The molecule has 0 bridgehead atoms. The number of carbonyl (C=O) groups excluding carboxylic acids is 1. The first-order valence-corrected chi connectivity index (χ1v) is 8.51. The predicted molar refractivity (Wildman–Crippen MR) is 101 cm³/mol. The van der Waals surface area contributed by atoms with Crippen LogP contribution in [-0.4, -0.2) is 58.8 Å². The Labute approximate surface area is 157 Å². The van der Waals surface area contributed by atoms with E-state index in [1.54, 1.807) is 19.2 Å². The van der Waals surface area contributed by atoms with E-state index >= 15 is 0 Å². The van der Waals surface area contributed by atoms with Gasteiger partial charge in [-0.05, 0) is 54.4 Å². The second-order valence-corrected chi connectivity index (χ2v) is 6.24. The summed E-state index contributed by atoms with van der Waals surface area (Å²) < 4.78 is 6.78. The number of carbonyl (C=O) groups is 1. The highest BCUT2D eigenvalue weighted by Crippen LogP contribution is 2.22. The number of hydrogen-bond acceptors (Lipinski definition) is 6. The number of nitrogens with zero attached hydrogens (tertiary/aromatic N) is 5. The number of likely N-dealkylation sites (N-methyl/N-ethyl adjacent to an activating group) is 1. The lowest BCUT2D eigenvalue weighted by Crippen LogP contribution is -2.35. The molecule has 0 radical (unpaired) electrons. The van der Waals surface area contributed by atoms with Crippen molar-refractivity contribution < 1.29 is 9.53 Å². The number of tetrazole rings is 1. The maximum atomic E-state index is 12.8. The first kappa shape index (κ1) is 18.5. The Bertz CT molecular complexity index is 895. The fraction of sp³-hybridized carbons (Fsp3) is 0.263. The van der Waals surface area contributed by atoms with Gasteiger partial charge in [0.05, 0.1) is 24.4 Å². The molecule has 0 saturated carbocycles. The molecular formula is C19H22N6O2. The molecule has 0 aliphatic carbocycles. The number of amides is 1. The predicted octanol–water partition coefficient (Wildman–Crippen LogP) is 1.70. The maximum Gasteiger partial charge on any atom is 0.253 e. The lowest BCUT2D eigenvalue weighted by molar-refractivity contribution is 0.0941. The molecule has 2 aromatic carbocycles. The Hall–Kier alpha value is -3.26. The third-order valence-corrected chi connectivity index (χ3v) is 4.30. The van der Waals surface area contributed by atoms with Gasteiger partial charge < -0.3 is 15.0 Å². The fourth-order valence-electron chi connectivity index (χ4n) is 2.87. The zero-order valence-corrected chi connectivity index (χ0v) is 15.5. The van der Waals surface area contributed by atoms with Gasteiger partial charge in [-0.1, -0.05) is 24.3 Å². The molecule has 140 valence electrons. The Morgan fingerprint density at radius 1 is 1.22 bits per heavy atom. The molecule has 0 aliphatic heterocycles. The summed E-state index contributed by atoms with van der Waals surface area (Å²) in [4.78, 5) is 14.9. The Balaban J connectivity index is 1.78. The highest BCUT2D eigenvalue weighted by molar-refractivity contribution is 5.97. The van der Waals surface area contributed by atoms with Crippen molar-refractivity contribution in [3.63, 3.8) is 0 Å². The lowest BCUT2D eigenvalue weighted by atomic mass is 10.1. The molecule has 8 heteroatoms. The van der Waals surface area contributed by atoms with E-state index in [0.29, 0.717) is 17.8 Å². The van der Waals surface area contributed by atoms with Gasteiger partial charge in [-0.2, -0.15) is 4.68 Å². The van der Waals surface area contributed by atoms with Gasteiger partial charge in [-0.3, -0.25) is 4.79 Å². The van der Waals surface area contributed by atoms with Gasteiger partial charge in [0, 0.05) is 6.54 Å². The van der Waals surface area contributed by atoms with E-state index < -0.39 is 0 Å². The number of methoxy groups -OCH3 is 1. The molecule has 3 rings (SSSR count). The number of para-hydroxylation sites is 1. The van der Waals surface area contributed by atoms with Crippen LogP contribution in [0.3, 0.4) is 0 Å². The molecule has 1 N–H and O–H groups in total. The van der Waals surface area contributed by atoms with Gasteiger partial charge in [0.25, 0.3) is 5.91 Å². The highest BCUT2D eigenvalue weighted by Gasteiger charge is 2.18. The van der Waals surface area contributed by atoms with Crippen LogP contribution >= 0.6 is 0 Å². The smallest absolute Gasteiger partial charge is 0.253 e. The Morgan fingerprint density at radius 2 is 2.04 bits per heavy atom. The van der Waals surface area contributed by atoms with Crippen LogP contribution in [-0.2, 0) is 0 Å². The van der Waals surface area contributed by atoms with Crippen LogP contribution in [0.1, 0.15) is 22.0 Å². The van der Waals surface area contributed by atoms with Gasteiger partial charge in [0.1, 0.15) is 12.1 Å². The monoisotopic (exact) mass is 366 g/mol. The topological polar surface area (TPSA) is 85.2 Å². The van der Waals surface area contributed by atoms with E-state index in [4.69, 9.17) is 4.74 Å². The molecule has 1 heterocycles. The van der Waals surface area contributed by atoms with E-state index in [0.717, 1.165) is 11.3 Å². The number of benzene rings is 2. The molecule has 1 atom stereocenters.